The number of nitrogens with zero attached hydrogens (tertiary/aromatic N) is 3. The van der Waals surface area contributed by atoms with Gasteiger partial charge < -0.3 is 9.80 Å². The molecule has 0 N–H and O–H groups in total. The summed E-state index contributed by atoms with van der Waals surface area (Å²) in [6, 6.07) is 17.3. The number of rotatable bonds is 7. The Morgan fingerprint density at radius 2 is 1.38 bits per heavy atom. The van der Waals surface area contributed by atoms with Gasteiger partial charge in [-0.1, -0.05) is 38.1 Å². The fourth-order valence-corrected chi connectivity index (χ4v) is 3.83. The van der Waals surface area contributed by atoms with E-state index in [2.05, 4.69) is 92.9 Å². The second-order valence-electron chi connectivity index (χ2n) is 6.87. The van der Waals surface area contributed by atoms with Crippen molar-refractivity contribution in [3.8, 4) is 11.3 Å². The van der Waals surface area contributed by atoms with Crippen molar-refractivity contribution in [3.63, 3.8) is 0 Å². The molecule has 0 spiro atoms. The average Bonchev–Trinajstić information content (AvgIpc) is 2.78. The summed E-state index contributed by atoms with van der Waals surface area (Å²) in [4.78, 5) is 9.82. The number of aromatic nitrogens is 1. The van der Waals surface area contributed by atoms with Gasteiger partial charge in [-0.05, 0) is 64.4 Å². The first-order valence-electron chi connectivity index (χ1n) is 11.1. The highest BCUT2D eigenvalue weighted by Crippen LogP contribution is 2.35. The van der Waals surface area contributed by atoms with Crippen LogP contribution in [0.15, 0.2) is 48.5 Å². The Hall–Kier alpha value is -2.55. The molecule has 1 aromatic heterocycles. The molecule has 0 unspecified atom stereocenters. The van der Waals surface area contributed by atoms with Crippen molar-refractivity contribution in [2.45, 2.75) is 48.5 Å². The molecular weight excluding hydrogens is 354 g/mol. The minimum atomic E-state index is 1.00. The van der Waals surface area contributed by atoms with Gasteiger partial charge >= 0.3 is 0 Å². The van der Waals surface area contributed by atoms with Gasteiger partial charge in [0.05, 0.1) is 11.2 Å². The number of anilines is 2. The van der Waals surface area contributed by atoms with Crippen molar-refractivity contribution in [1.29, 1.82) is 0 Å². The Bertz CT molecular complexity index is 909. The third kappa shape index (κ3) is 4.90. The lowest BCUT2D eigenvalue weighted by Crippen LogP contribution is -2.25. The third-order valence-corrected chi connectivity index (χ3v) is 5.47. The molecule has 0 saturated heterocycles. The van der Waals surface area contributed by atoms with E-state index in [4.69, 9.17) is 4.98 Å². The van der Waals surface area contributed by atoms with E-state index >= 15 is 0 Å². The van der Waals surface area contributed by atoms with Crippen molar-refractivity contribution in [3.05, 3.63) is 54.1 Å². The summed E-state index contributed by atoms with van der Waals surface area (Å²) in [6.45, 7) is 19.1. The minimum Gasteiger partial charge on any atom is -0.372 e. The first kappa shape index (κ1) is 22.7. The first-order valence-corrected chi connectivity index (χ1v) is 11.1. The highest BCUT2D eigenvalue weighted by Gasteiger charge is 2.16. The number of pyridine rings is 1. The summed E-state index contributed by atoms with van der Waals surface area (Å²) in [6.07, 6.45) is 0. The van der Waals surface area contributed by atoms with Crippen LogP contribution in [0.2, 0.25) is 0 Å². The molecule has 0 amide bonds. The largest absolute Gasteiger partial charge is 0.372 e. The van der Waals surface area contributed by atoms with Gasteiger partial charge in [0.15, 0.2) is 0 Å². The number of para-hydroxylation sites is 1. The molecule has 2 aromatic carbocycles. The van der Waals surface area contributed by atoms with Crippen molar-refractivity contribution in [2.24, 2.45) is 0 Å². The fraction of sp³-hybridized carbons (Fsp3) is 0.423. The van der Waals surface area contributed by atoms with E-state index in [0.717, 1.165) is 37.4 Å². The van der Waals surface area contributed by atoms with Crippen molar-refractivity contribution in [1.82, 2.24) is 4.98 Å². The SMILES string of the molecule is CC.CCN(CC)c1cc(-c2ccc3ccccc3n2)c(C)c(N(CC)CC)c1. The molecule has 0 aliphatic carbocycles. The Kier molecular flexibility index (Phi) is 8.50. The maximum absolute atomic E-state index is 4.97. The summed E-state index contributed by atoms with van der Waals surface area (Å²) < 4.78 is 0. The Morgan fingerprint density at radius 3 is 2.00 bits per heavy atom. The van der Waals surface area contributed by atoms with Gasteiger partial charge in [-0.15, -0.1) is 0 Å². The molecule has 3 aromatic rings. The van der Waals surface area contributed by atoms with E-state index < -0.39 is 0 Å². The molecule has 0 atom stereocenters. The number of hydrogen-bond donors (Lipinski definition) is 0. The van der Waals surface area contributed by atoms with Gasteiger partial charge in [-0.2, -0.15) is 0 Å². The van der Waals surface area contributed by atoms with Crippen LogP contribution in [-0.4, -0.2) is 31.2 Å². The topological polar surface area (TPSA) is 19.4 Å². The lowest BCUT2D eigenvalue weighted by molar-refractivity contribution is 0.849. The Balaban J connectivity index is 0.00000145. The molecule has 0 radical (unpaired) electrons. The molecule has 0 aliphatic heterocycles. The molecule has 3 nitrogen and oxygen atoms in total. The van der Waals surface area contributed by atoms with Crippen LogP contribution < -0.4 is 9.80 Å². The number of fused-ring (bicyclic) bond motifs is 1. The molecule has 29 heavy (non-hydrogen) atoms. The van der Waals surface area contributed by atoms with E-state index in [1.54, 1.807) is 0 Å². The standard InChI is InChI=1S/C24H31N3.C2H6/c1-6-26(7-2)20-16-21(18(5)24(17-20)27(8-3)9-4)23-15-14-19-12-10-11-13-22(19)25-23;1-2/h10-17H,6-9H2,1-5H3;1-2H3. The zero-order chi connectivity index (χ0) is 21.4. The highest BCUT2D eigenvalue weighted by atomic mass is 15.1. The van der Waals surface area contributed by atoms with Gasteiger partial charge in [-0.25, -0.2) is 4.98 Å². The Morgan fingerprint density at radius 1 is 0.759 bits per heavy atom. The maximum atomic E-state index is 4.97. The second-order valence-corrected chi connectivity index (χ2v) is 6.87. The monoisotopic (exact) mass is 391 g/mol. The van der Waals surface area contributed by atoms with Crippen molar-refractivity contribution < 1.29 is 0 Å². The van der Waals surface area contributed by atoms with Crippen LogP contribution in [0.25, 0.3) is 22.2 Å². The molecule has 3 rings (SSSR count). The quantitative estimate of drug-likeness (QED) is 0.435. The van der Waals surface area contributed by atoms with E-state index in [1.807, 2.05) is 13.8 Å². The fourth-order valence-electron chi connectivity index (χ4n) is 3.83. The minimum absolute atomic E-state index is 1.00. The van der Waals surface area contributed by atoms with E-state index in [1.165, 1.54) is 27.9 Å². The van der Waals surface area contributed by atoms with Crippen molar-refractivity contribution >= 4 is 22.3 Å². The summed E-state index contributed by atoms with van der Waals surface area (Å²) in [7, 11) is 0. The maximum Gasteiger partial charge on any atom is 0.0713 e. The molecule has 156 valence electrons. The van der Waals surface area contributed by atoms with Crippen molar-refractivity contribution in [2.75, 3.05) is 36.0 Å². The summed E-state index contributed by atoms with van der Waals surface area (Å²) >= 11 is 0. The van der Waals surface area contributed by atoms with Crippen LogP contribution in [0, 0.1) is 6.92 Å². The molecule has 0 aliphatic rings. The molecule has 3 heteroatoms. The predicted molar refractivity (Wildman–Crippen MR) is 130 cm³/mol. The molecule has 0 fully saturated rings. The highest BCUT2D eigenvalue weighted by molar-refractivity contribution is 5.84. The van der Waals surface area contributed by atoms with Gasteiger partial charge in [0, 0.05) is 48.5 Å². The summed E-state index contributed by atoms with van der Waals surface area (Å²) in [5.74, 6) is 0. The molecule has 0 bridgehead atoms. The van der Waals surface area contributed by atoms with E-state index in [-0.39, 0.29) is 0 Å². The van der Waals surface area contributed by atoms with Crippen LogP contribution in [0.5, 0.6) is 0 Å². The third-order valence-electron chi connectivity index (χ3n) is 5.47. The molecule has 0 saturated carbocycles. The first-order chi connectivity index (χ1) is 14.1. The predicted octanol–water partition coefficient (Wildman–Crippen LogP) is 6.93. The lowest BCUT2D eigenvalue weighted by Gasteiger charge is -2.29. The van der Waals surface area contributed by atoms with Gasteiger partial charge in [0.1, 0.15) is 0 Å². The van der Waals surface area contributed by atoms with E-state index in [9.17, 15) is 0 Å². The van der Waals surface area contributed by atoms with Crippen LogP contribution >= 0.6 is 0 Å². The normalized spacial score (nSPS) is 10.4. The van der Waals surface area contributed by atoms with E-state index in [0.29, 0.717) is 0 Å². The van der Waals surface area contributed by atoms with Gasteiger partial charge in [0.2, 0.25) is 0 Å². The lowest BCUT2D eigenvalue weighted by atomic mass is 9.99. The van der Waals surface area contributed by atoms with Gasteiger partial charge in [-0.3, -0.25) is 0 Å². The van der Waals surface area contributed by atoms with Crippen LogP contribution in [-0.2, 0) is 0 Å². The zero-order valence-electron chi connectivity index (χ0n) is 19.3. The zero-order valence-corrected chi connectivity index (χ0v) is 19.3. The Labute approximate surface area is 177 Å². The number of benzene rings is 2. The average molecular weight is 392 g/mol. The van der Waals surface area contributed by atoms with Crippen LogP contribution in [0.1, 0.15) is 47.1 Å². The smallest absolute Gasteiger partial charge is 0.0713 e. The number of hydrogen-bond acceptors (Lipinski definition) is 3. The van der Waals surface area contributed by atoms with Crippen LogP contribution in [0.3, 0.4) is 0 Å². The molecule has 1 heterocycles. The molecular formula is C26H37N3. The van der Waals surface area contributed by atoms with Crippen LogP contribution in [0.4, 0.5) is 11.4 Å². The summed E-state index contributed by atoms with van der Waals surface area (Å²) in [5.41, 5.74) is 7.22. The second kappa shape index (κ2) is 10.8. The van der Waals surface area contributed by atoms with Gasteiger partial charge in [0.25, 0.3) is 0 Å². The summed E-state index contributed by atoms with van der Waals surface area (Å²) in [5, 5.41) is 1.18.